The van der Waals surface area contributed by atoms with Crippen molar-refractivity contribution in [2.24, 2.45) is 0 Å². The van der Waals surface area contributed by atoms with Crippen molar-refractivity contribution >= 4 is 22.0 Å². The first-order valence-corrected chi connectivity index (χ1v) is 10.1. The molecule has 134 valence electrons. The second-order valence-corrected chi connectivity index (χ2v) is 8.06. The van der Waals surface area contributed by atoms with E-state index >= 15 is 0 Å². The molecule has 4 rings (SSSR count). The van der Waals surface area contributed by atoms with Crippen LogP contribution in [0.1, 0.15) is 48.1 Å². The first kappa shape index (κ1) is 17.3. The third-order valence-corrected chi connectivity index (χ3v) is 6.70. The number of allylic oxidation sites excluding steroid dienone is 2. The monoisotopic (exact) mass is 365 g/mol. The summed E-state index contributed by atoms with van der Waals surface area (Å²) in [5.74, 6) is 0.0191. The van der Waals surface area contributed by atoms with Crippen LogP contribution in [0.4, 0.5) is 5.13 Å². The second-order valence-electron chi connectivity index (χ2n) is 6.96. The number of nitriles is 1. The first-order chi connectivity index (χ1) is 12.8. The van der Waals surface area contributed by atoms with Gasteiger partial charge < -0.3 is 10.0 Å². The summed E-state index contributed by atoms with van der Waals surface area (Å²) >= 11 is 1.62. The zero-order chi connectivity index (χ0) is 18.1. The number of hydrogen-bond acceptors (Lipinski definition) is 5. The molecule has 1 aromatic carbocycles. The van der Waals surface area contributed by atoms with Crippen molar-refractivity contribution in [3.63, 3.8) is 0 Å². The van der Waals surface area contributed by atoms with Gasteiger partial charge in [0.2, 0.25) is 0 Å². The van der Waals surface area contributed by atoms with Gasteiger partial charge in [-0.05, 0) is 42.4 Å². The fourth-order valence-corrected chi connectivity index (χ4v) is 5.05. The van der Waals surface area contributed by atoms with Crippen molar-refractivity contribution < 1.29 is 5.11 Å². The number of anilines is 1. The molecule has 2 aromatic rings. The molecule has 3 atom stereocenters. The van der Waals surface area contributed by atoms with Crippen molar-refractivity contribution in [2.75, 3.05) is 11.5 Å². The van der Waals surface area contributed by atoms with Crippen LogP contribution in [-0.4, -0.2) is 28.8 Å². The molecule has 1 N–H and O–H groups in total. The summed E-state index contributed by atoms with van der Waals surface area (Å²) in [6.07, 6.45) is 8.70. The van der Waals surface area contributed by atoms with Gasteiger partial charge in [-0.25, -0.2) is 4.98 Å². The third kappa shape index (κ3) is 2.84. The number of thiazole rings is 1. The highest BCUT2D eigenvalue weighted by atomic mass is 32.1. The molecule has 0 saturated carbocycles. The van der Waals surface area contributed by atoms with Crippen molar-refractivity contribution in [1.82, 2.24) is 4.98 Å². The van der Waals surface area contributed by atoms with E-state index in [1.54, 1.807) is 11.3 Å². The normalized spacial score (nSPS) is 24.9. The Morgan fingerprint density at radius 3 is 2.73 bits per heavy atom. The van der Waals surface area contributed by atoms with Crippen LogP contribution in [0.25, 0.3) is 5.57 Å². The molecule has 1 aliphatic carbocycles. The maximum atomic E-state index is 9.97. The minimum atomic E-state index is -0.278. The summed E-state index contributed by atoms with van der Waals surface area (Å²) in [5.41, 5.74) is 3.84. The van der Waals surface area contributed by atoms with Crippen LogP contribution in [0.3, 0.4) is 0 Å². The van der Waals surface area contributed by atoms with Gasteiger partial charge in [0.15, 0.2) is 5.13 Å². The summed E-state index contributed by atoms with van der Waals surface area (Å²) in [4.78, 5) is 7.66. The van der Waals surface area contributed by atoms with Crippen molar-refractivity contribution in [1.29, 1.82) is 5.26 Å². The zero-order valence-electron chi connectivity index (χ0n) is 14.9. The van der Waals surface area contributed by atoms with E-state index in [9.17, 15) is 10.4 Å². The van der Waals surface area contributed by atoms with Crippen LogP contribution in [-0.2, 0) is 6.42 Å². The lowest BCUT2D eigenvalue weighted by atomic mass is 9.76. The molecule has 1 saturated heterocycles. The Bertz CT molecular complexity index is 849. The van der Waals surface area contributed by atoms with Crippen LogP contribution in [0, 0.1) is 11.3 Å². The molecule has 26 heavy (non-hydrogen) atoms. The minimum absolute atomic E-state index is 0.0191. The van der Waals surface area contributed by atoms with Crippen molar-refractivity contribution in [3.05, 3.63) is 52.5 Å². The third-order valence-electron chi connectivity index (χ3n) is 5.55. The number of aromatic nitrogens is 1. The lowest BCUT2D eigenvalue weighted by Crippen LogP contribution is -2.63. The van der Waals surface area contributed by atoms with Gasteiger partial charge in [-0.2, -0.15) is 5.26 Å². The topological polar surface area (TPSA) is 60.2 Å². The van der Waals surface area contributed by atoms with Gasteiger partial charge in [-0.1, -0.05) is 37.3 Å². The molecule has 2 heterocycles. The summed E-state index contributed by atoms with van der Waals surface area (Å²) in [6, 6.07) is 10.6. The van der Waals surface area contributed by atoms with Crippen molar-refractivity contribution in [3.8, 4) is 6.07 Å². The summed E-state index contributed by atoms with van der Waals surface area (Å²) in [7, 11) is 0. The van der Waals surface area contributed by atoms with E-state index in [2.05, 4.69) is 48.3 Å². The van der Waals surface area contributed by atoms with Crippen LogP contribution in [0.5, 0.6) is 0 Å². The second kappa shape index (κ2) is 7.22. The van der Waals surface area contributed by atoms with Gasteiger partial charge >= 0.3 is 0 Å². The van der Waals surface area contributed by atoms with Gasteiger partial charge in [-0.3, -0.25) is 0 Å². The van der Waals surface area contributed by atoms with E-state index in [1.807, 2.05) is 11.1 Å². The average Bonchev–Trinajstić information content (AvgIpc) is 3.34. The Labute approximate surface area is 158 Å². The molecule has 0 unspecified atom stereocenters. The Morgan fingerprint density at radius 2 is 2.15 bits per heavy atom. The maximum Gasteiger partial charge on any atom is 0.186 e. The molecule has 4 nitrogen and oxygen atoms in total. The highest BCUT2D eigenvalue weighted by Gasteiger charge is 2.50. The largest absolute Gasteiger partial charge is 0.394 e. The van der Waals surface area contributed by atoms with E-state index in [-0.39, 0.29) is 24.6 Å². The molecule has 1 fully saturated rings. The highest BCUT2D eigenvalue weighted by Crippen LogP contribution is 2.45. The Kier molecular flexibility index (Phi) is 4.80. The molecule has 0 bridgehead atoms. The van der Waals surface area contributed by atoms with Gasteiger partial charge in [0, 0.05) is 17.0 Å². The highest BCUT2D eigenvalue weighted by molar-refractivity contribution is 7.15. The molecule has 0 radical (unpaired) electrons. The standard InChI is InChI=1S/C21H23N3OS/c1-2-17-12-23-21(26-17)24-18(11-22)20(19(24)13-25)16-9-7-15(8-10-16)14-5-3-4-6-14/h5,7-10,12,18-20,25H,2-4,6,13H2,1H3/t18-,19-,20-/m1/s1. The van der Waals surface area contributed by atoms with Gasteiger partial charge in [0.25, 0.3) is 0 Å². The zero-order valence-corrected chi connectivity index (χ0v) is 15.7. The first-order valence-electron chi connectivity index (χ1n) is 9.29. The van der Waals surface area contributed by atoms with E-state index in [4.69, 9.17) is 0 Å². The van der Waals surface area contributed by atoms with E-state index in [0.29, 0.717) is 0 Å². The van der Waals surface area contributed by atoms with Crippen LogP contribution < -0.4 is 4.90 Å². The number of hydrogen-bond donors (Lipinski definition) is 1. The molecule has 2 aliphatic rings. The quantitative estimate of drug-likeness (QED) is 0.865. The Morgan fingerprint density at radius 1 is 1.35 bits per heavy atom. The Balaban J connectivity index is 1.59. The van der Waals surface area contributed by atoms with Crippen LogP contribution >= 0.6 is 11.3 Å². The molecule has 0 spiro atoms. The number of aliphatic hydroxyl groups is 1. The van der Waals surface area contributed by atoms with E-state index < -0.39 is 0 Å². The Hall–Kier alpha value is -2.16. The van der Waals surface area contributed by atoms with E-state index in [0.717, 1.165) is 23.5 Å². The number of rotatable bonds is 5. The van der Waals surface area contributed by atoms with Crippen molar-refractivity contribution in [2.45, 2.75) is 50.6 Å². The maximum absolute atomic E-state index is 9.97. The lowest BCUT2D eigenvalue weighted by Gasteiger charge is -2.51. The summed E-state index contributed by atoms with van der Waals surface area (Å²) in [6.45, 7) is 2.12. The summed E-state index contributed by atoms with van der Waals surface area (Å²) in [5, 5.41) is 20.6. The smallest absolute Gasteiger partial charge is 0.186 e. The fraction of sp³-hybridized carbons (Fsp3) is 0.429. The van der Waals surface area contributed by atoms with Gasteiger partial charge in [0.1, 0.15) is 6.04 Å². The molecule has 5 heteroatoms. The number of aliphatic hydroxyl groups excluding tert-OH is 1. The molecular formula is C21H23N3OS. The predicted molar refractivity (Wildman–Crippen MR) is 105 cm³/mol. The summed E-state index contributed by atoms with van der Waals surface area (Å²) < 4.78 is 0. The SMILES string of the molecule is CCc1cnc(N2[C@H](C#N)[C@@H](c3ccc(C4=CCCC4)cc3)[C@H]2CO)s1. The van der Waals surface area contributed by atoms with Crippen LogP contribution in [0.15, 0.2) is 36.5 Å². The number of nitrogens with zero attached hydrogens (tertiary/aromatic N) is 3. The van der Waals surface area contributed by atoms with E-state index in [1.165, 1.54) is 28.9 Å². The molecule has 0 amide bonds. The molecular weight excluding hydrogens is 342 g/mol. The fourth-order valence-electron chi connectivity index (χ4n) is 4.10. The predicted octanol–water partition coefficient (Wildman–Crippen LogP) is 4.13. The molecule has 1 aromatic heterocycles. The average molecular weight is 366 g/mol. The number of benzene rings is 1. The van der Waals surface area contributed by atoms with Crippen LogP contribution in [0.2, 0.25) is 0 Å². The lowest BCUT2D eigenvalue weighted by molar-refractivity contribution is 0.187. The minimum Gasteiger partial charge on any atom is -0.394 e. The van der Waals surface area contributed by atoms with Gasteiger partial charge in [0.05, 0.1) is 18.7 Å². The molecule has 1 aliphatic heterocycles. The van der Waals surface area contributed by atoms with Gasteiger partial charge in [-0.15, -0.1) is 11.3 Å². The number of aryl methyl sites for hydroxylation is 1.